The van der Waals surface area contributed by atoms with Gasteiger partial charge in [0.25, 0.3) is 0 Å². The lowest BCUT2D eigenvalue weighted by Gasteiger charge is -2.15. The Balaban J connectivity index is 1.92. The molecule has 2 aromatic rings. The number of amides is 2. The summed E-state index contributed by atoms with van der Waals surface area (Å²) in [5, 5.41) is 5.73. The monoisotopic (exact) mass is 283 g/mol. The highest BCUT2D eigenvalue weighted by Crippen LogP contribution is 2.17. The van der Waals surface area contributed by atoms with Gasteiger partial charge in [-0.3, -0.25) is 4.98 Å². The summed E-state index contributed by atoms with van der Waals surface area (Å²) in [7, 11) is 0. The van der Waals surface area contributed by atoms with E-state index in [1.165, 1.54) is 5.56 Å². The molecule has 0 bridgehead atoms. The molecule has 21 heavy (non-hydrogen) atoms. The van der Waals surface area contributed by atoms with Crippen molar-refractivity contribution in [2.75, 3.05) is 5.32 Å². The van der Waals surface area contributed by atoms with E-state index in [-0.39, 0.29) is 12.1 Å². The van der Waals surface area contributed by atoms with Gasteiger partial charge in [0.15, 0.2) is 0 Å². The molecular weight excluding hydrogens is 262 g/mol. The third kappa shape index (κ3) is 4.31. The van der Waals surface area contributed by atoms with Crippen LogP contribution in [0.15, 0.2) is 48.8 Å². The number of pyridine rings is 1. The number of carbonyl (C=O) groups is 1. The summed E-state index contributed by atoms with van der Waals surface area (Å²) in [6, 6.07) is 11.4. The van der Waals surface area contributed by atoms with E-state index in [0.29, 0.717) is 5.92 Å². The summed E-state index contributed by atoms with van der Waals surface area (Å²) in [5.74, 6) is 0.485. The Morgan fingerprint density at radius 3 is 2.33 bits per heavy atom. The molecule has 1 aromatic heterocycles. The maximum Gasteiger partial charge on any atom is 0.319 e. The first-order valence-electron chi connectivity index (χ1n) is 7.13. The van der Waals surface area contributed by atoms with Crippen LogP contribution >= 0.6 is 0 Å². The molecule has 110 valence electrons. The van der Waals surface area contributed by atoms with Gasteiger partial charge in [-0.25, -0.2) is 4.79 Å². The summed E-state index contributed by atoms with van der Waals surface area (Å²) >= 11 is 0. The van der Waals surface area contributed by atoms with Gasteiger partial charge in [0.1, 0.15) is 0 Å². The van der Waals surface area contributed by atoms with E-state index in [2.05, 4.69) is 29.5 Å². The number of carbonyl (C=O) groups excluding carboxylic acids is 1. The Morgan fingerprint density at radius 1 is 1.05 bits per heavy atom. The van der Waals surface area contributed by atoms with Crippen LogP contribution in [0, 0.1) is 0 Å². The summed E-state index contributed by atoms with van der Waals surface area (Å²) in [4.78, 5) is 16.0. The SMILES string of the molecule is CC(C)c1ccc(NC(=O)N[C@H](C)c2cccnc2)cc1. The number of urea groups is 1. The van der Waals surface area contributed by atoms with Crippen molar-refractivity contribution in [3.05, 3.63) is 59.9 Å². The maximum absolute atomic E-state index is 12.0. The lowest BCUT2D eigenvalue weighted by atomic mass is 10.0. The van der Waals surface area contributed by atoms with Crippen LogP contribution in [0.5, 0.6) is 0 Å². The fourth-order valence-corrected chi connectivity index (χ4v) is 2.03. The molecule has 0 spiro atoms. The minimum Gasteiger partial charge on any atom is -0.331 e. The molecule has 2 N–H and O–H groups in total. The average Bonchev–Trinajstić information content (AvgIpc) is 2.48. The molecule has 1 aromatic carbocycles. The first-order valence-corrected chi connectivity index (χ1v) is 7.13. The third-order valence-corrected chi connectivity index (χ3v) is 3.37. The first-order chi connectivity index (χ1) is 10.1. The van der Waals surface area contributed by atoms with Gasteiger partial charge >= 0.3 is 6.03 Å². The van der Waals surface area contributed by atoms with E-state index in [9.17, 15) is 4.79 Å². The molecule has 1 atom stereocenters. The Kier molecular flexibility index (Phi) is 4.93. The maximum atomic E-state index is 12.0. The Hall–Kier alpha value is -2.36. The number of rotatable bonds is 4. The highest BCUT2D eigenvalue weighted by Gasteiger charge is 2.09. The molecule has 0 aliphatic heterocycles. The average molecular weight is 283 g/mol. The Labute approximate surface area is 125 Å². The molecule has 0 saturated carbocycles. The van der Waals surface area contributed by atoms with Gasteiger partial charge in [0.2, 0.25) is 0 Å². The molecule has 2 amide bonds. The van der Waals surface area contributed by atoms with Crippen LogP contribution in [0.1, 0.15) is 43.9 Å². The number of aromatic nitrogens is 1. The predicted molar refractivity (Wildman–Crippen MR) is 85.3 cm³/mol. The fraction of sp³-hybridized carbons (Fsp3) is 0.294. The zero-order valence-corrected chi connectivity index (χ0v) is 12.6. The Morgan fingerprint density at radius 2 is 1.76 bits per heavy atom. The summed E-state index contributed by atoms with van der Waals surface area (Å²) in [5.41, 5.74) is 3.02. The smallest absolute Gasteiger partial charge is 0.319 e. The van der Waals surface area contributed by atoms with Crippen molar-refractivity contribution in [3.63, 3.8) is 0 Å². The second-order valence-corrected chi connectivity index (χ2v) is 5.38. The first kappa shape index (κ1) is 15.0. The van der Waals surface area contributed by atoms with Crippen LogP contribution in [0.3, 0.4) is 0 Å². The molecule has 0 fully saturated rings. The number of hydrogen-bond acceptors (Lipinski definition) is 2. The molecular formula is C17H21N3O. The molecule has 0 aliphatic carbocycles. The molecule has 0 radical (unpaired) electrons. The van der Waals surface area contributed by atoms with Crippen molar-refractivity contribution in [1.82, 2.24) is 10.3 Å². The number of anilines is 1. The molecule has 2 rings (SSSR count). The van der Waals surface area contributed by atoms with Crippen molar-refractivity contribution in [2.45, 2.75) is 32.7 Å². The molecule has 4 nitrogen and oxygen atoms in total. The largest absolute Gasteiger partial charge is 0.331 e. The molecule has 0 unspecified atom stereocenters. The van der Waals surface area contributed by atoms with Crippen molar-refractivity contribution in [1.29, 1.82) is 0 Å². The van der Waals surface area contributed by atoms with Crippen molar-refractivity contribution in [2.24, 2.45) is 0 Å². The summed E-state index contributed by atoms with van der Waals surface area (Å²) in [6.07, 6.45) is 3.47. The highest BCUT2D eigenvalue weighted by molar-refractivity contribution is 5.89. The van der Waals surface area contributed by atoms with Crippen LogP contribution in [0.2, 0.25) is 0 Å². The standard InChI is InChI=1S/C17H21N3O/c1-12(2)14-6-8-16(9-7-14)20-17(21)19-13(3)15-5-4-10-18-11-15/h4-13H,1-3H3,(H2,19,20,21)/t13-/m1/s1. The molecule has 0 saturated heterocycles. The van der Waals surface area contributed by atoms with Gasteiger partial charge in [-0.1, -0.05) is 32.0 Å². The van der Waals surface area contributed by atoms with Gasteiger partial charge in [-0.05, 0) is 42.2 Å². The fourth-order valence-electron chi connectivity index (χ4n) is 2.03. The minimum atomic E-state index is -0.219. The summed E-state index contributed by atoms with van der Waals surface area (Å²) in [6.45, 7) is 6.22. The van der Waals surface area contributed by atoms with Crippen molar-refractivity contribution < 1.29 is 4.79 Å². The van der Waals surface area contributed by atoms with Gasteiger partial charge in [-0.2, -0.15) is 0 Å². The van der Waals surface area contributed by atoms with Gasteiger partial charge in [0.05, 0.1) is 6.04 Å². The zero-order chi connectivity index (χ0) is 15.2. The molecule has 1 heterocycles. The van der Waals surface area contributed by atoms with Crippen LogP contribution in [0.25, 0.3) is 0 Å². The van der Waals surface area contributed by atoms with E-state index in [4.69, 9.17) is 0 Å². The highest BCUT2D eigenvalue weighted by atomic mass is 16.2. The second kappa shape index (κ2) is 6.88. The lowest BCUT2D eigenvalue weighted by Crippen LogP contribution is -2.31. The van der Waals surface area contributed by atoms with E-state index in [0.717, 1.165) is 11.3 Å². The minimum absolute atomic E-state index is 0.0892. The van der Waals surface area contributed by atoms with Gasteiger partial charge < -0.3 is 10.6 Å². The normalized spacial score (nSPS) is 12.0. The van der Waals surface area contributed by atoms with E-state index in [1.807, 2.05) is 43.3 Å². The number of benzene rings is 1. The van der Waals surface area contributed by atoms with E-state index < -0.39 is 0 Å². The molecule has 0 aliphatic rings. The Bertz CT molecular complexity index is 579. The number of nitrogens with zero attached hydrogens (tertiary/aromatic N) is 1. The second-order valence-electron chi connectivity index (χ2n) is 5.38. The molecule has 4 heteroatoms. The number of nitrogens with one attached hydrogen (secondary N) is 2. The van der Waals surface area contributed by atoms with Gasteiger partial charge in [0, 0.05) is 18.1 Å². The van der Waals surface area contributed by atoms with Gasteiger partial charge in [-0.15, -0.1) is 0 Å². The van der Waals surface area contributed by atoms with Crippen molar-refractivity contribution in [3.8, 4) is 0 Å². The van der Waals surface area contributed by atoms with E-state index in [1.54, 1.807) is 12.4 Å². The summed E-state index contributed by atoms with van der Waals surface area (Å²) < 4.78 is 0. The third-order valence-electron chi connectivity index (χ3n) is 3.37. The topological polar surface area (TPSA) is 54.0 Å². The number of hydrogen-bond donors (Lipinski definition) is 2. The van der Waals surface area contributed by atoms with E-state index >= 15 is 0 Å². The van der Waals surface area contributed by atoms with Crippen LogP contribution in [0.4, 0.5) is 10.5 Å². The van der Waals surface area contributed by atoms with Crippen molar-refractivity contribution >= 4 is 11.7 Å². The van der Waals surface area contributed by atoms with Crippen LogP contribution in [-0.4, -0.2) is 11.0 Å². The quantitative estimate of drug-likeness (QED) is 0.888. The zero-order valence-electron chi connectivity index (χ0n) is 12.6. The van der Waals surface area contributed by atoms with Crippen LogP contribution < -0.4 is 10.6 Å². The van der Waals surface area contributed by atoms with Crippen LogP contribution in [-0.2, 0) is 0 Å². The predicted octanol–water partition coefficient (Wildman–Crippen LogP) is 4.09. The lowest BCUT2D eigenvalue weighted by molar-refractivity contribution is 0.249.